The number of nitrogens with zero attached hydrogens (tertiary/aromatic N) is 1. The van der Waals surface area contributed by atoms with Crippen LogP contribution in [0.4, 0.5) is 0 Å². The van der Waals surface area contributed by atoms with Gasteiger partial charge in [-0.1, -0.05) is 6.08 Å². The number of nitrogens with one attached hydrogen (secondary N) is 1. The van der Waals surface area contributed by atoms with Crippen molar-refractivity contribution in [1.29, 1.82) is 5.41 Å². The molecule has 0 aromatic rings. The molecule has 0 rings (SSSR count). The average Bonchev–Trinajstić information content (AvgIpc) is 1.85. The number of hydrogen-bond donors (Lipinski definition) is 1. The first-order chi connectivity index (χ1) is 4.57. The van der Waals surface area contributed by atoms with Crippen molar-refractivity contribution < 1.29 is 0 Å². The van der Waals surface area contributed by atoms with Crippen molar-refractivity contribution in [1.82, 2.24) is 0 Å². The molecule has 0 unspecified atom stereocenters. The molecule has 0 aromatic carbocycles. The highest BCUT2D eigenvalue weighted by molar-refractivity contribution is 6.04. The predicted molar refractivity (Wildman–Crippen MR) is 45.9 cm³/mol. The summed E-state index contributed by atoms with van der Waals surface area (Å²) in [5, 5.41) is 7.08. The van der Waals surface area contributed by atoms with Gasteiger partial charge in [-0.3, -0.25) is 5.41 Å². The van der Waals surface area contributed by atoms with E-state index in [1.165, 1.54) is 0 Å². The van der Waals surface area contributed by atoms with Crippen LogP contribution in [0.15, 0.2) is 16.6 Å². The third-order valence-corrected chi connectivity index (χ3v) is 1.34. The Balaban J connectivity index is 4.35. The molecule has 0 saturated heterocycles. The molecule has 0 amide bonds. The van der Waals surface area contributed by atoms with Crippen molar-refractivity contribution in [3.05, 3.63) is 11.6 Å². The normalized spacial score (nSPS) is 13.6. The second kappa shape index (κ2) is 3.99. The highest BCUT2D eigenvalue weighted by atomic mass is 14.8. The molecule has 0 bridgehead atoms. The van der Waals surface area contributed by atoms with Crippen molar-refractivity contribution >= 4 is 11.5 Å². The summed E-state index contributed by atoms with van der Waals surface area (Å²) < 4.78 is 0. The molecule has 0 fully saturated rings. The molecular weight excluding hydrogens is 124 g/mol. The number of hydrogen-bond acceptors (Lipinski definition) is 1. The van der Waals surface area contributed by atoms with Crippen LogP contribution in [-0.2, 0) is 0 Å². The molecule has 0 spiro atoms. The van der Waals surface area contributed by atoms with Crippen LogP contribution in [0.5, 0.6) is 0 Å². The van der Waals surface area contributed by atoms with Crippen LogP contribution >= 0.6 is 0 Å². The molecule has 0 atom stereocenters. The maximum atomic E-state index is 7.08. The monoisotopic (exact) mass is 138 g/mol. The van der Waals surface area contributed by atoms with Crippen molar-refractivity contribution in [3.63, 3.8) is 0 Å². The summed E-state index contributed by atoms with van der Waals surface area (Å²) in [5.41, 5.74) is 2.06. The van der Waals surface area contributed by atoms with Gasteiger partial charge in [0.1, 0.15) is 5.84 Å². The summed E-state index contributed by atoms with van der Waals surface area (Å²) in [5.74, 6) is 0.360. The van der Waals surface area contributed by atoms with Crippen LogP contribution in [-0.4, -0.2) is 11.5 Å². The minimum Gasteiger partial charge on any atom is -0.287 e. The van der Waals surface area contributed by atoms with E-state index in [2.05, 4.69) is 4.99 Å². The third kappa shape index (κ3) is 3.17. The van der Waals surface area contributed by atoms with Gasteiger partial charge in [-0.2, -0.15) is 0 Å². The minimum atomic E-state index is 0.360. The van der Waals surface area contributed by atoms with Gasteiger partial charge in [-0.15, -0.1) is 0 Å². The van der Waals surface area contributed by atoms with Crippen LogP contribution in [0.1, 0.15) is 27.7 Å². The second-order valence-electron chi connectivity index (χ2n) is 2.25. The Labute approximate surface area is 62.2 Å². The molecule has 0 aromatic heterocycles. The number of aliphatic imine (C=N–C) groups is 1. The molecule has 56 valence electrons. The topological polar surface area (TPSA) is 36.2 Å². The van der Waals surface area contributed by atoms with Gasteiger partial charge in [0.05, 0.1) is 0 Å². The van der Waals surface area contributed by atoms with Crippen LogP contribution < -0.4 is 0 Å². The fourth-order valence-electron chi connectivity index (χ4n) is 0.549. The lowest BCUT2D eigenvalue weighted by molar-refractivity contribution is 1.38. The standard InChI is InChI=1S/C8H14N2/c1-5-6(2)7(3)10-8(4)9/h5,9H,1-4H3/b6-5+,9-8?,10-7-. The van der Waals surface area contributed by atoms with Gasteiger partial charge in [0.15, 0.2) is 0 Å². The van der Waals surface area contributed by atoms with E-state index in [0.29, 0.717) is 5.84 Å². The van der Waals surface area contributed by atoms with Gasteiger partial charge >= 0.3 is 0 Å². The average molecular weight is 138 g/mol. The summed E-state index contributed by atoms with van der Waals surface area (Å²) in [6.07, 6.45) is 1.99. The van der Waals surface area contributed by atoms with E-state index in [4.69, 9.17) is 5.41 Å². The molecule has 0 aliphatic rings. The Hall–Kier alpha value is -0.920. The van der Waals surface area contributed by atoms with Crippen LogP contribution in [0.25, 0.3) is 0 Å². The largest absolute Gasteiger partial charge is 0.287 e. The van der Waals surface area contributed by atoms with Gasteiger partial charge in [0.2, 0.25) is 0 Å². The molecule has 2 nitrogen and oxygen atoms in total. The molecule has 0 aliphatic heterocycles. The van der Waals surface area contributed by atoms with E-state index in [-0.39, 0.29) is 0 Å². The third-order valence-electron chi connectivity index (χ3n) is 1.34. The van der Waals surface area contributed by atoms with E-state index < -0.39 is 0 Å². The van der Waals surface area contributed by atoms with Crippen molar-refractivity contribution in [2.45, 2.75) is 27.7 Å². The summed E-state index contributed by atoms with van der Waals surface area (Å²) in [4.78, 5) is 3.98. The first kappa shape index (κ1) is 9.08. The fourth-order valence-corrected chi connectivity index (χ4v) is 0.549. The molecule has 2 heteroatoms. The van der Waals surface area contributed by atoms with E-state index >= 15 is 0 Å². The zero-order valence-electron chi connectivity index (χ0n) is 7.02. The predicted octanol–water partition coefficient (Wildman–Crippen LogP) is 2.41. The SMILES string of the molecule is C/C=C(C)/C(C)=N\C(C)=N. The molecule has 10 heavy (non-hydrogen) atoms. The first-order valence-corrected chi connectivity index (χ1v) is 3.31. The number of amidine groups is 1. The van der Waals surface area contributed by atoms with Crippen molar-refractivity contribution in [2.75, 3.05) is 0 Å². The zero-order valence-corrected chi connectivity index (χ0v) is 7.02. The van der Waals surface area contributed by atoms with Gasteiger partial charge in [-0.05, 0) is 33.3 Å². The number of rotatable bonds is 1. The maximum Gasteiger partial charge on any atom is 0.117 e. The van der Waals surface area contributed by atoms with Crippen LogP contribution in [0, 0.1) is 5.41 Å². The molecular formula is C8H14N2. The molecule has 0 heterocycles. The van der Waals surface area contributed by atoms with E-state index in [0.717, 1.165) is 11.3 Å². The molecule has 1 N–H and O–H groups in total. The van der Waals surface area contributed by atoms with E-state index in [9.17, 15) is 0 Å². The summed E-state index contributed by atoms with van der Waals surface area (Å²) >= 11 is 0. The summed E-state index contributed by atoms with van der Waals surface area (Å²) in [6, 6.07) is 0. The van der Waals surface area contributed by atoms with E-state index in [1.54, 1.807) is 6.92 Å². The van der Waals surface area contributed by atoms with E-state index in [1.807, 2.05) is 26.8 Å². The molecule has 0 aliphatic carbocycles. The zero-order chi connectivity index (χ0) is 8.15. The van der Waals surface area contributed by atoms with Crippen molar-refractivity contribution in [3.8, 4) is 0 Å². The van der Waals surface area contributed by atoms with Gasteiger partial charge in [0.25, 0.3) is 0 Å². The lowest BCUT2D eigenvalue weighted by Crippen LogP contribution is -1.96. The molecule has 0 saturated carbocycles. The smallest absolute Gasteiger partial charge is 0.117 e. The Kier molecular flexibility index (Phi) is 3.62. The quantitative estimate of drug-likeness (QED) is 0.426. The van der Waals surface area contributed by atoms with Crippen molar-refractivity contribution in [2.24, 2.45) is 4.99 Å². The van der Waals surface area contributed by atoms with Gasteiger partial charge < -0.3 is 0 Å². The maximum absolute atomic E-state index is 7.08. The van der Waals surface area contributed by atoms with Gasteiger partial charge in [-0.25, -0.2) is 4.99 Å². The van der Waals surface area contributed by atoms with Gasteiger partial charge in [0, 0.05) is 5.71 Å². The Morgan fingerprint density at radius 3 is 2.10 bits per heavy atom. The van der Waals surface area contributed by atoms with Crippen LogP contribution in [0.2, 0.25) is 0 Å². The lowest BCUT2D eigenvalue weighted by atomic mass is 10.2. The highest BCUT2D eigenvalue weighted by Gasteiger charge is 1.91. The minimum absolute atomic E-state index is 0.360. The highest BCUT2D eigenvalue weighted by Crippen LogP contribution is 1.95. The lowest BCUT2D eigenvalue weighted by Gasteiger charge is -1.96. The summed E-state index contributed by atoms with van der Waals surface area (Å²) in [7, 11) is 0. The Morgan fingerprint density at radius 2 is 1.80 bits per heavy atom. The second-order valence-corrected chi connectivity index (χ2v) is 2.25. The Bertz CT molecular complexity index is 187. The summed E-state index contributed by atoms with van der Waals surface area (Å²) in [6.45, 7) is 7.54. The number of allylic oxidation sites excluding steroid dienone is 2. The Morgan fingerprint density at radius 1 is 1.30 bits per heavy atom. The molecule has 0 radical (unpaired) electrons. The first-order valence-electron chi connectivity index (χ1n) is 3.31. The fraction of sp³-hybridized carbons (Fsp3) is 0.500. The van der Waals surface area contributed by atoms with Crippen LogP contribution in [0.3, 0.4) is 0 Å².